The quantitative estimate of drug-likeness (QED) is 0.135. The largest absolute Gasteiger partial charge is 0.348 e. The Bertz CT molecular complexity index is 1870. The van der Waals surface area contributed by atoms with Crippen molar-refractivity contribution < 1.29 is 4.74 Å². The lowest BCUT2D eigenvalue weighted by Gasteiger charge is -2.64. The predicted molar refractivity (Wildman–Crippen MR) is 223 cm³/mol. The summed E-state index contributed by atoms with van der Waals surface area (Å²) in [4.78, 5) is 10.0. The standard InChI is InChI=1S/C44H50Cl2N2OSi2/c1-39(2,3)41(27-15-9-16-28-41)43(31-19-11-7-12-20-31,33-23-25-35(45)47-37(33)50)49-44(32-21-13-8-14-22-32,34-24-26-36(46)48-38(34)51)42(40(4,5)6)29-17-10-18-30-42/h7-27,29H,28,30H2,1-6,50-51H3. The van der Waals surface area contributed by atoms with E-state index >= 15 is 0 Å². The lowest BCUT2D eigenvalue weighted by Crippen LogP contribution is -2.65. The summed E-state index contributed by atoms with van der Waals surface area (Å²) < 4.78 is 8.86. The second-order valence-electron chi connectivity index (χ2n) is 16.2. The molecule has 0 radical (unpaired) electrons. The molecule has 0 bridgehead atoms. The summed E-state index contributed by atoms with van der Waals surface area (Å²) in [5, 5.41) is 2.89. The summed E-state index contributed by atoms with van der Waals surface area (Å²) >= 11 is 13.4. The van der Waals surface area contributed by atoms with Crippen LogP contribution < -0.4 is 10.6 Å². The molecule has 264 valence electrons. The summed E-state index contributed by atoms with van der Waals surface area (Å²) in [6.07, 6.45) is 19.7. The molecule has 4 unspecified atom stereocenters. The van der Waals surface area contributed by atoms with E-state index in [2.05, 4.69) is 163 Å². The van der Waals surface area contributed by atoms with Crippen molar-refractivity contribution >= 4 is 54.3 Å². The number of hydrogen-bond donors (Lipinski definition) is 0. The zero-order valence-corrected chi connectivity index (χ0v) is 36.7. The third-order valence-electron chi connectivity index (χ3n) is 11.6. The van der Waals surface area contributed by atoms with Crippen LogP contribution in [0.5, 0.6) is 0 Å². The van der Waals surface area contributed by atoms with E-state index < -0.39 is 22.0 Å². The van der Waals surface area contributed by atoms with Crippen molar-refractivity contribution in [1.82, 2.24) is 9.97 Å². The van der Waals surface area contributed by atoms with Crippen LogP contribution in [0.1, 0.15) is 76.6 Å². The van der Waals surface area contributed by atoms with E-state index in [1.165, 1.54) is 0 Å². The van der Waals surface area contributed by atoms with Gasteiger partial charge >= 0.3 is 0 Å². The van der Waals surface area contributed by atoms with Gasteiger partial charge in [0, 0.05) is 32.6 Å². The molecule has 2 aromatic heterocycles. The molecular formula is C44H50Cl2N2OSi2. The molecule has 2 heterocycles. The summed E-state index contributed by atoms with van der Waals surface area (Å²) in [5.41, 5.74) is 0.242. The van der Waals surface area contributed by atoms with Crippen molar-refractivity contribution in [3.63, 3.8) is 0 Å². The van der Waals surface area contributed by atoms with Crippen molar-refractivity contribution in [1.29, 1.82) is 0 Å². The van der Waals surface area contributed by atoms with Gasteiger partial charge in [-0.3, -0.25) is 0 Å². The lowest BCUT2D eigenvalue weighted by molar-refractivity contribution is -0.246. The second kappa shape index (κ2) is 13.9. The van der Waals surface area contributed by atoms with Crippen LogP contribution >= 0.6 is 23.2 Å². The SMILES string of the molecule is CC(C)(C)C1(C(OC(c2ccccc2)(c2ccc(Cl)nc2[SiH3])C2(C(C)(C)C)C=CC=CC2)(c2ccccc2)c2ccc(Cl)nc2[SiH3])C=CC=CC1. The molecule has 4 aromatic rings. The Hall–Kier alpha value is -3.33. The minimum Gasteiger partial charge on any atom is -0.348 e. The first-order valence-electron chi connectivity index (χ1n) is 17.9. The second-order valence-corrected chi connectivity index (χ2v) is 18.8. The summed E-state index contributed by atoms with van der Waals surface area (Å²) in [7, 11) is 1.32. The highest BCUT2D eigenvalue weighted by Crippen LogP contribution is 2.68. The molecule has 0 saturated carbocycles. The molecular weight excluding hydrogens is 700 g/mol. The van der Waals surface area contributed by atoms with Crippen LogP contribution in [0.4, 0.5) is 0 Å². The Morgan fingerprint density at radius 2 is 0.922 bits per heavy atom. The Balaban J connectivity index is 1.93. The van der Waals surface area contributed by atoms with E-state index in [0.717, 1.165) is 45.7 Å². The van der Waals surface area contributed by atoms with Gasteiger partial charge < -0.3 is 4.74 Å². The summed E-state index contributed by atoms with van der Waals surface area (Å²) in [6.45, 7) is 14.1. The van der Waals surface area contributed by atoms with Gasteiger partial charge in [0.05, 0.1) is 20.5 Å². The van der Waals surface area contributed by atoms with Crippen molar-refractivity contribution in [3.8, 4) is 0 Å². The fraction of sp³-hybridized carbons (Fsp3) is 0.318. The van der Waals surface area contributed by atoms with Crippen LogP contribution in [0, 0.1) is 21.7 Å². The van der Waals surface area contributed by atoms with Gasteiger partial charge in [-0.25, -0.2) is 9.97 Å². The normalized spacial score (nSPS) is 22.9. The van der Waals surface area contributed by atoms with Gasteiger partial charge in [0.25, 0.3) is 0 Å². The molecule has 0 spiro atoms. The highest BCUT2D eigenvalue weighted by molar-refractivity contribution is 6.35. The highest BCUT2D eigenvalue weighted by atomic mass is 35.5. The van der Waals surface area contributed by atoms with Gasteiger partial charge in [-0.05, 0) is 46.9 Å². The monoisotopic (exact) mass is 748 g/mol. The molecule has 4 atom stereocenters. The number of aromatic nitrogens is 2. The summed E-state index contributed by atoms with van der Waals surface area (Å²) in [5.74, 6) is 0. The molecule has 3 nitrogen and oxygen atoms in total. The van der Waals surface area contributed by atoms with E-state index in [4.69, 9.17) is 37.9 Å². The Morgan fingerprint density at radius 3 is 1.22 bits per heavy atom. The first kappa shape index (κ1) is 37.4. The lowest BCUT2D eigenvalue weighted by atomic mass is 9.49. The topological polar surface area (TPSA) is 35.0 Å². The van der Waals surface area contributed by atoms with Crippen LogP contribution in [0.15, 0.2) is 134 Å². The highest BCUT2D eigenvalue weighted by Gasteiger charge is 2.67. The number of rotatable bonds is 8. The molecule has 0 fully saturated rings. The number of pyridine rings is 2. The maximum Gasteiger partial charge on any atom is 0.131 e. The van der Waals surface area contributed by atoms with Crippen LogP contribution in [0.25, 0.3) is 0 Å². The molecule has 51 heavy (non-hydrogen) atoms. The van der Waals surface area contributed by atoms with Gasteiger partial charge in [-0.2, -0.15) is 0 Å². The first-order chi connectivity index (χ1) is 24.2. The Morgan fingerprint density at radius 1 is 0.549 bits per heavy atom. The van der Waals surface area contributed by atoms with Gasteiger partial charge in [0.2, 0.25) is 0 Å². The van der Waals surface area contributed by atoms with Gasteiger partial charge in [0.15, 0.2) is 0 Å². The minimum atomic E-state index is -1.08. The fourth-order valence-electron chi connectivity index (χ4n) is 9.03. The molecule has 0 amide bonds. The molecule has 0 saturated heterocycles. The Labute approximate surface area is 320 Å². The third-order valence-corrected chi connectivity index (χ3v) is 13.5. The van der Waals surface area contributed by atoms with E-state index in [1.54, 1.807) is 0 Å². The average Bonchev–Trinajstić information content (AvgIpc) is 3.10. The van der Waals surface area contributed by atoms with Crippen LogP contribution in [0.3, 0.4) is 0 Å². The van der Waals surface area contributed by atoms with E-state index in [0.29, 0.717) is 30.8 Å². The van der Waals surface area contributed by atoms with Crippen LogP contribution in [-0.4, -0.2) is 30.5 Å². The zero-order valence-electron chi connectivity index (χ0n) is 31.2. The number of ether oxygens (including phenoxy) is 1. The van der Waals surface area contributed by atoms with Crippen molar-refractivity contribution in [3.05, 3.63) is 166 Å². The van der Waals surface area contributed by atoms with Gasteiger partial charge in [-0.15, -0.1) is 0 Å². The van der Waals surface area contributed by atoms with E-state index in [9.17, 15) is 0 Å². The molecule has 6 rings (SSSR count). The van der Waals surface area contributed by atoms with Gasteiger partial charge in [-0.1, -0.05) is 186 Å². The number of allylic oxidation sites excluding steroid dienone is 6. The van der Waals surface area contributed by atoms with E-state index in [1.807, 2.05) is 12.1 Å². The number of nitrogens with zero attached hydrogens (tertiary/aromatic N) is 2. The molecule has 2 aliphatic rings. The van der Waals surface area contributed by atoms with Crippen LogP contribution in [0.2, 0.25) is 10.3 Å². The van der Waals surface area contributed by atoms with E-state index in [-0.39, 0.29) is 10.8 Å². The molecule has 0 aliphatic heterocycles. The third kappa shape index (κ3) is 5.99. The number of benzene rings is 2. The average molecular weight is 750 g/mol. The van der Waals surface area contributed by atoms with Crippen molar-refractivity contribution in [2.24, 2.45) is 21.7 Å². The van der Waals surface area contributed by atoms with Gasteiger partial charge in [0.1, 0.15) is 21.5 Å². The Kier molecular flexibility index (Phi) is 10.2. The molecule has 7 heteroatoms. The molecule has 2 aromatic carbocycles. The predicted octanol–water partition coefficient (Wildman–Crippen LogP) is 8.07. The zero-order chi connectivity index (χ0) is 36.7. The molecule has 2 aliphatic carbocycles. The smallest absolute Gasteiger partial charge is 0.131 e. The number of hydrogen-bond acceptors (Lipinski definition) is 3. The van der Waals surface area contributed by atoms with Crippen molar-refractivity contribution in [2.75, 3.05) is 0 Å². The number of halogens is 2. The maximum atomic E-state index is 8.86. The molecule has 0 N–H and O–H groups in total. The van der Waals surface area contributed by atoms with Crippen LogP contribution in [-0.2, 0) is 15.9 Å². The maximum absolute atomic E-state index is 8.86. The van der Waals surface area contributed by atoms with Crippen molar-refractivity contribution in [2.45, 2.75) is 65.6 Å². The summed E-state index contributed by atoms with van der Waals surface area (Å²) in [6, 6.07) is 29.9. The fourth-order valence-corrected chi connectivity index (χ4v) is 11.2. The minimum absolute atomic E-state index is 0.306. The first-order valence-corrected chi connectivity index (χ1v) is 20.7.